The molecule has 2 saturated carbocycles. The zero-order chi connectivity index (χ0) is 24.4. The van der Waals surface area contributed by atoms with Gasteiger partial charge < -0.3 is 18.9 Å². The normalized spacial score (nSPS) is 28.1. The zero-order valence-electron chi connectivity index (χ0n) is 20.2. The van der Waals surface area contributed by atoms with Crippen molar-refractivity contribution in [3.8, 4) is 24.3 Å². The van der Waals surface area contributed by atoms with Gasteiger partial charge in [0.2, 0.25) is 0 Å². The van der Waals surface area contributed by atoms with E-state index in [4.69, 9.17) is 40.0 Å². The standard InChI is InChI=1S/C26H38N4O4/c27-9-1-13-31-17-21-5-6-23(19-33-15-3-11-29)26-24(20-34-16-4-12-30)8-7-22(25(21)26)18-32-14-2-10-28/h21-26H,1-8,13-20H2. The minimum Gasteiger partial charge on any atom is -0.380 e. The Morgan fingerprint density at radius 3 is 0.882 bits per heavy atom. The van der Waals surface area contributed by atoms with E-state index in [0.717, 1.165) is 25.7 Å². The molecular weight excluding hydrogens is 432 g/mol. The number of nitrogens with zero attached hydrogens (tertiary/aromatic N) is 4. The second-order valence-electron chi connectivity index (χ2n) is 9.28. The van der Waals surface area contributed by atoms with Gasteiger partial charge >= 0.3 is 0 Å². The second-order valence-corrected chi connectivity index (χ2v) is 9.28. The molecule has 0 heterocycles. The van der Waals surface area contributed by atoms with Crippen molar-refractivity contribution in [3.05, 3.63) is 0 Å². The first-order chi connectivity index (χ1) is 16.8. The molecule has 2 aliphatic rings. The van der Waals surface area contributed by atoms with Crippen LogP contribution in [0.3, 0.4) is 0 Å². The first-order valence-electron chi connectivity index (χ1n) is 12.6. The number of nitriles is 4. The van der Waals surface area contributed by atoms with Gasteiger partial charge in [0, 0.05) is 26.4 Å². The highest BCUT2D eigenvalue weighted by atomic mass is 16.5. The lowest BCUT2D eigenvalue weighted by atomic mass is 9.54. The predicted octanol–water partition coefficient (Wildman–Crippen LogP) is 3.99. The van der Waals surface area contributed by atoms with Gasteiger partial charge in [-0.3, -0.25) is 0 Å². The van der Waals surface area contributed by atoms with Gasteiger partial charge in [-0.1, -0.05) is 0 Å². The Morgan fingerprint density at radius 1 is 0.441 bits per heavy atom. The minimum atomic E-state index is 0.380. The Bertz CT molecular complexity index is 613. The van der Waals surface area contributed by atoms with Gasteiger partial charge in [0.1, 0.15) is 0 Å². The summed E-state index contributed by atoms with van der Waals surface area (Å²) >= 11 is 0. The van der Waals surface area contributed by atoms with Crippen molar-refractivity contribution >= 4 is 0 Å². The van der Waals surface area contributed by atoms with Gasteiger partial charge in [-0.2, -0.15) is 21.0 Å². The summed E-state index contributed by atoms with van der Waals surface area (Å²) in [5.74, 6) is 2.30. The van der Waals surface area contributed by atoms with Gasteiger partial charge in [-0.05, 0) is 61.2 Å². The molecule has 0 aliphatic heterocycles. The third-order valence-electron chi connectivity index (χ3n) is 7.20. The fourth-order valence-corrected chi connectivity index (χ4v) is 5.84. The fourth-order valence-electron chi connectivity index (χ4n) is 5.84. The molecular formula is C26H38N4O4. The van der Waals surface area contributed by atoms with Crippen molar-refractivity contribution in [1.29, 1.82) is 21.0 Å². The van der Waals surface area contributed by atoms with Crippen molar-refractivity contribution in [2.24, 2.45) is 35.5 Å². The summed E-state index contributed by atoms with van der Waals surface area (Å²) in [7, 11) is 0. The summed E-state index contributed by atoms with van der Waals surface area (Å²) in [4.78, 5) is 0. The molecule has 0 aromatic carbocycles. The smallest absolute Gasteiger partial charge is 0.0645 e. The third kappa shape index (κ3) is 9.21. The molecule has 186 valence electrons. The molecule has 8 heteroatoms. The second kappa shape index (κ2) is 17.3. The third-order valence-corrected chi connectivity index (χ3v) is 7.20. The van der Waals surface area contributed by atoms with Crippen LogP contribution in [0.1, 0.15) is 51.4 Å². The highest BCUT2D eigenvalue weighted by Gasteiger charge is 2.49. The fraction of sp³-hybridized carbons (Fsp3) is 0.846. The lowest BCUT2D eigenvalue weighted by Gasteiger charge is -2.53. The Kier molecular flexibility index (Phi) is 14.2. The summed E-state index contributed by atoms with van der Waals surface area (Å²) in [5, 5.41) is 35.4. The number of fused-ring (bicyclic) bond motifs is 1. The van der Waals surface area contributed by atoms with Crippen LogP contribution in [0.15, 0.2) is 0 Å². The van der Waals surface area contributed by atoms with Crippen LogP contribution in [-0.2, 0) is 18.9 Å². The van der Waals surface area contributed by atoms with Gasteiger partial charge in [0.25, 0.3) is 0 Å². The number of hydrogen-bond donors (Lipinski definition) is 0. The van der Waals surface area contributed by atoms with Gasteiger partial charge in [0.15, 0.2) is 0 Å². The molecule has 0 N–H and O–H groups in total. The predicted molar refractivity (Wildman–Crippen MR) is 124 cm³/mol. The van der Waals surface area contributed by atoms with Crippen LogP contribution in [0.2, 0.25) is 0 Å². The molecule has 8 nitrogen and oxygen atoms in total. The molecule has 0 bridgehead atoms. The first-order valence-corrected chi connectivity index (χ1v) is 12.6. The average Bonchev–Trinajstić information content (AvgIpc) is 2.86. The minimum absolute atomic E-state index is 0.380. The first kappa shape index (κ1) is 28.0. The van der Waals surface area contributed by atoms with Crippen molar-refractivity contribution in [2.45, 2.75) is 51.4 Å². The Labute approximate surface area is 204 Å². The van der Waals surface area contributed by atoms with E-state index in [9.17, 15) is 0 Å². The highest BCUT2D eigenvalue weighted by molar-refractivity contribution is 4.97. The van der Waals surface area contributed by atoms with Gasteiger partial charge in [-0.15, -0.1) is 0 Å². The van der Waals surface area contributed by atoms with Crippen molar-refractivity contribution in [3.63, 3.8) is 0 Å². The lowest BCUT2D eigenvalue weighted by Crippen LogP contribution is -2.50. The van der Waals surface area contributed by atoms with Crippen LogP contribution < -0.4 is 0 Å². The maximum absolute atomic E-state index is 8.85. The van der Waals surface area contributed by atoms with Crippen LogP contribution in [0.25, 0.3) is 0 Å². The topological polar surface area (TPSA) is 132 Å². The van der Waals surface area contributed by atoms with Crippen LogP contribution >= 0.6 is 0 Å². The van der Waals surface area contributed by atoms with Gasteiger partial charge in [0.05, 0.1) is 76.4 Å². The highest BCUT2D eigenvalue weighted by Crippen LogP contribution is 2.52. The largest absolute Gasteiger partial charge is 0.380 e. The Hall–Kier alpha value is -2.20. The van der Waals surface area contributed by atoms with E-state index in [1.807, 2.05) is 0 Å². The van der Waals surface area contributed by atoms with Crippen molar-refractivity contribution in [2.75, 3.05) is 52.9 Å². The molecule has 0 radical (unpaired) electrons. The van der Waals surface area contributed by atoms with E-state index in [1.54, 1.807) is 0 Å². The summed E-state index contributed by atoms with van der Waals surface area (Å²) in [6, 6.07) is 8.57. The SMILES string of the molecule is N#CCCOCC1CCC(COCCC#N)C2C(COCCC#N)CCC(COCCC#N)C12. The average molecular weight is 471 g/mol. The monoisotopic (exact) mass is 470 g/mol. The van der Waals surface area contributed by atoms with Crippen molar-refractivity contribution < 1.29 is 18.9 Å². The summed E-state index contributed by atoms with van der Waals surface area (Å²) in [6.07, 6.45) is 5.73. The lowest BCUT2D eigenvalue weighted by molar-refractivity contribution is -0.109. The molecule has 0 aromatic heterocycles. The van der Waals surface area contributed by atoms with Crippen LogP contribution in [0.4, 0.5) is 0 Å². The van der Waals surface area contributed by atoms with E-state index in [0.29, 0.717) is 114 Å². The van der Waals surface area contributed by atoms with Crippen LogP contribution in [-0.4, -0.2) is 52.9 Å². The molecule has 4 unspecified atom stereocenters. The molecule has 2 rings (SSSR count). The molecule has 0 spiro atoms. The Balaban J connectivity index is 2.15. The molecule has 0 aromatic rings. The van der Waals surface area contributed by atoms with Crippen LogP contribution in [0.5, 0.6) is 0 Å². The molecule has 0 saturated heterocycles. The summed E-state index contributed by atoms with van der Waals surface area (Å²) in [6.45, 7) is 4.38. The zero-order valence-corrected chi connectivity index (χ0v) is 20.2. The number of ether oxygens (including phenoxy) is 4. The van der Waals surface area contributed by atoms with E-state index in [-0.39, 0.29) is 0 Å². The van der Waals surface area contributed by atoms with E-state index >= 15 is 0 Å². The molecule has 4 atom stereocenters. The summed E-state index contributed by atoms with van der Waals surface area (Å²) < 4.78 is 23.6. The van der Waals surface area contributed by atoms with Crippen LogP contribution in [0, 0.1) is 80.8 Å². The quantitative estimate of drug-likeness (QED) is 0.309. The Morgan fingerprint density at radius 2 is 0.676 bits per heavy atom. The van der Waals surface area contributed by atoms with E-state index in [1.165, 1.54) is 0 Å². The maximum Gasteiger partial charge on any atom is 0.0645 e. The summed E-state index contributed by atoms with van der Waals surface area (Å²) in [5.41, 5.74) is 0. The number of rotatable bonds is 16. The molecule has 0 amide bonds. The van der Waals surface area contributed by atoms with Crippen molar-refractivity contribution in [1.82, 2.24) is 0 Å². The van der Waals surface area contributed by atoms with Gasteiger partial charge in [-0.25, -0.2) is 0 Å². The van der Waals surface area contributed by atoms with E-state index in [2.05, 4.69) is 24.3 Å². The van der Waals surface area contributed by atoms with E-state index < -0.39 is 0 Å². The molecule has 2 aliphatic carbocycles. The molecule has 34 heavy (non-hydrogen) atoms. The molecule has 2 fully saturated rings. The maximum atomic E-state index is 8.85. The number of hydrogen-bond acceptors (Lipinski definition) is 8.